The minimum Gasteiger partial charge on any atom is -0.481 e. The Morgan fingerprint density at radius 1 is 1.64 bits per heavy atom. The lowest BCUT2D eigenvalue weighted by Gasteiger charge is -2.10. The first-order valence-electron chi connectivity index (χ1n) is 4.09. The van der Waals surface area contributed by atoms with E-state index >= 15 is 0 Å². The fourth-order valence-electron chi connectivity index (χ4n) is 0.901. The zero-order chi connectivity index (χ0) is 10.6. The number of rotatable bonds is 3. The number of ether oxygens (including phenoxy) is 1. The van der Waals surface area contributed by atoms with E-state index in [1.807, 2.05) is 6.07 Å². The third kappa shape index (κ3) is 2.49. The standard InChI is InChI=1S/C10H10N2O2/c1-7(10(12)13)14-9-4-2-3-8(5-9)6-11/h2-5,7H,1H3,(H2,12,13)/t7-/m1/s1. The van der Waals surface area contributed by atoms with Crippen molar-refractivity contribution in [2.75, 3.05) is 0 Å². The smallest absolute Gasteiger partial charge is 0.258 e. The zero-order valence-electron chi connectivity index (χ0n) is 7.73. The Morgan fingerprint density at radius 3 is 2.93 bits per heavy atom. The van der Waals surface area contributed by atoms with Crippen molar-refractivity contribution in [2.45, 2.75) is 13.0 Å². The van der Waals surface area contributed by atoms with Gasteiger partial charge in [0.15, 0.2) is 6.10 Å². The van der Waals surface area contributed by atoms with E-state index < -0.39 is 12.0 Å². The number of nitriles is 1. The molecule has 4 nitrogen and oxygen atoms in total. The molecule has 0 spiro atoms. The van der Waals surface area contributed by atoms with E-state index in [4.69, 9.17) is 15.7 Å². The summed E-state index contributed by atoms with van der Waals surface area (Å²) in [4.78, 5) is 10.7. The van der Waals surface area contributed by atoms with Crippen LogP contribution in [0, 0.1) is 11.3 Å². The highest BCUT2D eigenvalue weighted by Crippen LogP contribution is 2.13. The first kappa shape index (κ1) is 10.1. The van der Waals surface area contributed by atoms with E-state index in [1.165, 1.54) is 0 Å². The van der Waals surface area contributed by atoms with E-state index in [0.29, 0.717) is 11.3 Å². The number of primary amides is 1. The van der Waals surface area contributed by atoms with Gasteiger partial charge in [-0.25, -0.2) is 0 Å². The molecule has 0 aliphatic heterocycles. The Hall–Kier alpha value is -2.02. The number of nitrogens with zero attached hydrogens (tertiary/aromatic N) is 1. The van der Waals surface area contributed by atoms with Gasteiger partial charge in [-0.1, -0.05) is 6.07 Å². The van der Waals surface area contributed by atoms with Crippen LogP contribution in [-0.4, -0.2) is 12.0 Å². The molecule has 14 heavy (non-hydrogen) atoms. The normalized spacial score (nSPS) is 11.4. The highest BCUT2D eigenvalue weighted by molar-refractivity contribution is 5.78. The van der Waals surface area contributed by atoms with Gasteiger partial charge < -0.3 is 10.5 Å². The predicted molar refractivity (Wildman–Crippen MR) is 50.4 cm³/mol. The average molecular weight is 190 g/mol. The van der Waals surface area contributed by atoms with Gasteiger partial charge in [0.1, 0.15) is 5.75 Å². The Kier molecular flexibility index (Phi) is 3.08. The summed E-state index contributed by atoms with van der Waals surface area (Å²) in [5.41, 5.74) is 5.51. The van der Waals surface area contributed by atoms with Crippen LogP contribution in [-0.2, 0) is 4.79 Å². The zero-order valence-corrected chi connectivity index (χ0v) is 7.73. The Bertz CT molecular complexity index is 382. The molecule has 0 aromatic heterocycles. The van der Waals surface area contributed by atoms with Crippen molar-refractivity contribution >= 4 is 5.91 Å². The SMILES string of the molecule is C[C@@H](Oc1cccc(C#N)c1)C(N)=O. The first-order chi connectivity index (χ1) is 6.63. The van der Waals surface area contributed by atoms with E-state index in [1.54, 1.807) is 31.2 Å². The van der Waals surface area contributed by atoms with Gasteiger partial charge in [0.25, 0.3) is 5.91 Å². The highest BCUT2D eigenvalue weighted by atomic mass is 16.5. The lowest BCUT2D eigenvalue weighted by atomic mass is 10.2. The second-order valence-corrected chi connectivity index (χ2v) is 2.80. The summed E-state index contributed by atoms with van der Waals surface area (Å²) in [5.74, 6) is -0.0669. The monoisotopic (exact) mass is 190 g/mol. The number of hydrogen-bond donors (Lipinski definition) is 1. The van der Waals surface area contributed by atoms with Crippen molar-refractivity contribution in [1.29, 1.82) is 5.26 Å². The average Bonchev–Trinajstić information content (AvgIpc) is 2.18. The molecule has 1 rings (SSSR count). The van der Waals surface area contributed by atoms with Crippen LogP contribution in [0.1, 0.15) is 12.5 Å². The molecule has 0 fully saturated rings. The summed E-state index contributed by atoms with van der Waals surface area (Å²) >= 11 is 0. The molecule has 72 valence electrons. The summed E-state index contributed by atoms with van der Waals surface area (Å²) in [6, 6.07) is 8.53. The summed E-state index contributed by atoms with van der Waals surface area (Å²) in [5, 5.41) is 8.61. The number of benzene rings is 1. The fourth-order valence-corrected chi connectivity index (χ4v) is 0.901. The molecule has 0 radical (unpaired) electrons. The van der Waals surface area contributed by atoms with Crippen molar-refractivity contribution in [1.82, 2.24) is 0 Å². The quantitative estimate of drug-likeness (QED) is 0.766. The molecule has 1 atom stereocenters. The number of amides is 1. The van der Waals surface area contributed by atoms with Crippen molar-refractivity contribution in [2.24, 2.45) is 5.73 Å². The second-order valence-electron chi connectivity index (χ2n) is 2.80. The van der Waals surface area contributed by atoms with Crippen LogP contribution in [0.15, 0.2) is 24.3 Å². The maximum atomic E-state index is 10.7. The molecule has 2 N–H and O–H groups in total. The molecule has 1 amide bonds. The Balaban J connectivity index is 2.78. The van der Waals surface area contributed by atoms with Gasteiger partial charge in [0, 0.05) is 0 Å². The summed E-state index contributed by atoms with van der Waals surface area (Å²) < 4.78 is 5.19. The summed E-state index contributed by atoms with van der Waals surface area (Å²) in [7, 11) is 0. The molecule has 1 aromatic carbocycles. The van der Waals surface area contributed by atoms with Crippen LogP contribution in [0.2, 0.25) is 0 Å². The van der Waals surface area contributed by atoms with Gasteiger partial charge in [-0.2, -0.15) is 5.26 Å². The third-order valence-corrected chi connectivity index (χ3v) is 1.68. The van der Waals surface area contributed by atoms with Crippen LogP contribution in [0.25, 0.3) is 0 Å². The predicted octanol–water partition coefficient (Wildman–Crippen LogP) is 0.811. The molecular formula is C10H10N2O2. The Labute approximate surface area is 81.9 Å². The van der Waals surface area contributed by atoms with E-state index in [2.05, 4.69) is 0 Å². The largest absolute Gasteiger partial charge is 0.481 e. The topological polar surface area (TPSA) is 76.1 Å². The minimum absolute atomic E-state index is 0.468. The van der Waals surface area contributed by atoms with Gasteiger partial charge in [-0.15, -0.1) is 0 Å². The summed E-state index contributed by atoms with van der Waals surface area (Å²) in [6.45, 7) is 1.56. The molecule has 0 heterocycles. The third-order valence-electron chi connectivity index (χ3n) is 1.68. The lowest BCUT2D eigenvalue weighted by molar-refractivity contribution is -0.123. The first-order valence-corrected chi connectivity index (χ1v) is 4.09. The number of nitrogens with two attached hydrogens (primary N) is 1. The molecular weight excluding hydrogens is 180 g/mol. The molecule has 0 unspecified atom stereocenters. The lowest BCUT2D eigenvalue weighted by Crippen LogP contribution is -2.30. The van der Waals surface area contributed by atoms with Crippen molar-refractivity contribution in [3.63, 3.8) is 0 Å². The molecule has 0 aliphatic rings. The fraction of sp³-hybridized carbons (Fsp3) is 0.200. The van der Waals surface area contributed by atoms with Gasteiger partial charge in [0.05, 0.1) is 11.6 Å². The van der Waals surface area contributed by atoms with Crippen molar-refractivity contribution in [3.05, 3.63) is 29.8 Å². The van der Waals surface area contributed by atoms with Gasteiger partial charge in [-0.3, -0.25) is 4.79 Å². The molecule has 0 saturated heterocycles. The van der Waals surface area contributed by atoms with E-state index in [0.717, 1.165) is 0 Å². The highest BCUT2D eigenvalue weighted by Gasteiger charge is 2.09. The number of hydrogen-bond acceptors (Lipinski definition) is 3. The van der Waals surface area contributed by atoms with E-state index in [9.17, 15) is 4.79 Å². The van der Waals surface area contributed by atoms with Crippen molar-refractivity contribution in [3.8, 4) is 11.8 Å². The Morgan fingerprint density at radius 2 is 2.36 bits per heavy atom. The van der Waals surface area contributed by atoms with Crippen molar-refractivity contribution < 1.29 is 9.53 Å². The minimum atomic E-state index is -0.691. The summed E-state index contributed by atoms with van der Waals surface area (Å²) in [6.07, 6.45) is -0.691. The molecule has 4 heteroatoms. The van der Waals surface area contributed by atoms with Crippen LogP contribution in [0.5, 0.6) is 5.75 Å². The van der Waals surface area contributed by atoms with Crippen LogP contribution in [0.4, 0.5) is 0 Å². The number of carbonyl (C=O) groups excluding carboxylic acids is 1. The maximum absolute atomic E-state index is 10.7. The molecule has 0 aliphatic carbocycles. The van der Waals surface area contributed by atoms with Gasteiger partial charge >= 0.3 is 0 Å². The number of carbonyl (C=O) groups is 1. The molecule has 1 aromatic rings. The van der Waals surface area contributed by atoms with Gasteiger partial charge in [0.2, 0.25) is 0 Å². The van der Waals surface area contributed by atoms with Gasteiger partial charge in [-0.05, 0) is 25.1 Å². The second kappa shape index (κ2) is 4.28. The van der Waals surface area contributed by atoms with Crippen LogP contribution >= 0.6 is 0 Å². The van der Waals surface area contributed by atoms with Crippen LogP contribution < -0.4 is 10.5 Å². The van der Waals surface area contributed by atoms with Crippen LogP contribution in [0.3, 0.4) is 0 Å². The maximum Gasteiger partial charge on any atom is 0.258 e. The molecule has 0 bridgehead atoms. The van der Waals surface area contributed by atoms with E-state index in [-0.39, 0.29) is 0 Å². The molecule has 0 saturated carbocycles.